The van der Waals surface area contributed by atoms with Gasteiger partial charge in [-0.15, -0.1) is 0 Å². The van der Waals surface area contributed by atoms with E-state index in [1.165, 1.54) is 23.0 Å². The SMILES string of the molecule is CCNC(c1ccc(OC)c(OC)c1)=[N+]1CCCc2cc(C3=NNC(=O)SC3C)ccc21. The number of nitrogens with zero attached hydrogens (tertiary/aromatic N) is 2. The van der Waals surface area contributed by atoms with E-state index in [1.807, 2.05) is 19.1 Å². The molecule has 0 bridgehead atoms. The molecule has 0 radical (unpaired) electrons. The standard InChI is InChI=1S/C24H28N4O3S/c1-5-25-23(18-9-11-20(30-3)21(14-18)31-4)28-12-6-7-16-13-17(8-10-19(16)28)22-15(2)32-24(29)27-26-22/h8-11,13-15H,5-7,12H2,1-4H3,(H,27,29)/p+1. The van der Waals surface area contributed by atoms with Crippen LogP contribution in [0.2, 0.25) is 0 Å². The fourth-order valence-corrected chi connectivity index (χ4v) is 4.95. The first-order valence-electron chi connectivity index (χ1n) is 10.8. The Hall–Kier alpha value is -3.00. The van der Waals surface area contributed by atoms with Crippen molar-refractivity contribution in [3.8, 4) is 11.5 Å². The average Bonchev–Trinajstić information content (AvgIpc) is 2.81. The molecule has 0 aromatic heterocycles. The van der Waals surface area contributed by atoms with Crippen LogP contribution in [0.1, 0.15) is 37.0 Å². The van der Waals surface area contributed by atoms with Gasteiger partial charge in [-0.2, -0.15) is 5.10 Å². The van der Waals surface area contributed by atoms with Crippen molar-refractivity contribution in [2.45, 2.75) is 31.9 Å². The largest absolute Gasteiger partial charge is 0.493 e. The van der Waals surface area contributed by atoms with Crippen LogP contribution in [0.25, 0.3) is 0 Å². The molecule has 8 heteroatoms. The number of nitrogens with one attached hydrogen (secondary N) is 2. The van der Waals surface area contributed by atoms with Crippen molar-refractivity contribution >= 4 is 34.2 Å². The van der Waals surface area contributed by atoms with Crippen LogP contribution in [0, 0.1) is 0 Å². The highest BCUT2D eigenvalue weighted by Crippen LogP contribution is 2.31. The number of carbonyl (C=O) groups is 1. The molecule has 2 N–H and O–H groups in total. The summed E-state index contributed by atoms with van der Waals surface area (Å²) in [6, 6.07) is 12.5. The molecule has 0 aliphatic carbocycles. The van der Waals surface area contributed by atoms with Gasteiger partial charge in [0.25, 0.3) is 11.1 Å². The van der Waals surface area contributed by atoms with E-state index in [0.717, 1.165) is 48.6 Å². The van der Waals surface area contributed by atoms with Gasteiger partial charge in [0, 0.05) is 0 Å². The van der Waals surface area contributed by atoms with Crippen LogP contribution in [-0.2, 0) is 6.42 Å². The Morgan fingerprint density at radius 3 is 2.75 bits per heavy atom. The molecule has 1 amide bonds. The van der Waals surface area contributed by atoms with Gasteiger partial charge in [-0.1, -0.05) is 11.8 Å². The van der Waals surface area contributed by atoms with Gasteiger partial charge in [-0.05, 0) is 74.2 Å². The third-order valence-electron chi connectivity index (χ3n) is 5.70. The van der Waals surface area contributed by atoms with Gasteiger partial charge in [-0.3, -0.25) is 10.1 Å². The van der Waals surface area contributed by atoms with Crippen molar-refractivity contribution < 1.29 is 18.8 Å². The summed E-state index contributed by atoms with van der Waals surface area (Å²) in [5.74, 6) is 2.47. The normalized spacial score (nSPS) is 19.4. The Bertz CT molecular complexity index is 1100. The van der Waals surface area contributed by atoms with E-state index < -0.39 is 0 Å². The third kappa shape index (κ3) is 4.32. The Morgan fingerprint density at radius 2 is 2.03 bits per heavy atom. The lowest BCUT2D eigenvalue weighted by molar-refractivity contribution is -0.448. The molecule has 0 spiro atoms. The molecule has 4 rings (SSSR count). The van der Waals surface area contributed by atoms with E-state index in [1.54, 1.807) is 14.2 Å². The second-order valence-electron chi connectivity index (χ2n) is 7.70. The first-order valence-corrected chi connectivity index (χ1v) is 11.7. The van der Waals surface area contributed by atoms with Gasteiger partial charge in [0.15, 0.2) is 11.5 Å². The minimum atomic E-state index is -0.106. The van der Waals surface area contributed by atoms with Crippen LogP contribution >= 0.6 is 11.8 Å². The first kappa shape index (κ1) is 22.2. The smallest absolute Gasteiger partial charge is 0.299 e. The van der Waals surface area contributed by atoms with Crippen LogP contribution in [0.4, 0.5) is 10.5 Å². The number of methoxy groups -OCH3 is 2. The van der Waals surface area contributed by atoms with Crippen molar-refractivity contribution in [2.75, 3.05) is 27.3 Å². The molecule has 32 heavy (non-hydrogen) atoms. The van der Waals surface area contributed by atoms with Crippen molar-refractivity contribution in [1.82, 2.24) is 10.7 Å². The van der Waals surface area contributed by atoms with E-state index in [2.05, 4.69) is 51.6 Å². The van der Waals surface area contributed by atoms with Crippen molar-refractivity contribution in [2.24, 2.45) is 5.10 Å². The summed E-state index contributed by atoms with van der Waals surface area (Å²) in [4.78, 5) is 11.6. The fraction of sp³-hybridized carbons (Fsp3) is 0.375. The van der Waals surface area contributed by atoms with Crippen LogP contribution in [0.15, 0.2) is 41.5 Å². The highest BCUT2D eigenvalue weighted by molar-refractivity contribution is 8.14. The Balaban J connectivity index is 1.78. The van der Waals surface area contributed by atoms with E-state index >= 15 is 0 Å². The molecule has 168 valence electrons. The number of benzene rings is 2. The van der Waals surface area contributed by atoms with Crippen LogP contribution in [-0.4, -0.2) is 53.9 Å². The lowest BCUT2D eigenvalue weighted by atomic mass is 9.97. The highest BCUT2D eigenvalue weighted by atomic mass is 32.2. The number of thioether (sulfide) groups is 1. The topological polar surface area (TPSA) is 75.0 Å². The summed E-state index contributed by atoms with van der Waals surface area (Å²) in [7, 11) is 3.30. The first-order chi connectivity index (χ1) is 15.5. The number of hydrogen-bond donors (Lipinski definition) is 2. The molecule has 2 aromatic rings. The third-order valence-corrected chi connectivity index (χ3v) is 6.58. The lowest BCUT2D eigenvalue weighted by Gasteiger charge is -2.23. The zero-order valence-corrected chi connectivity index (χ0v) is 19.7. The number of amidine groups is 1. The molecule has 1 unspecified atom stereocenters. The quantitative estimate of drug-likeness (QED) is 0.531. The predicted octanol–water partition coefficient (Wildman–Crippen LogP) is 3.90. The summed E-state index contributed by atoms with van der Waals surface area (Å²) < 4.78 is 13.3. The molecule has 0 saturated carbocycles. The molecule has 0 saturated heterocycles. The number of rotatable bonds is 5. The maximum atomic E-state index is 11.6. The van der Waals surface area contributed by atoms with Gasteiger partial charge < -0.3 is 9.47 Å². The summed E-state index contributed by atoms with van der Waals surface area (Å²) >= 11 is 1.27. The maximum Gasteiger partial charge on any atom is 0.299 e. The maximum absolute atomic E-state index is 11.6. The summed E-state index contributed by atoms with van der Waals surface area (Å²) in [6.07, 6.45) is 2.05. The van der Waals surface area contributed by atoms with Crippen LogP contribution in [0.5, 0.6) is 11.5 Å². The Kier molecular flexibility index (Phi) is 6.69. The Labute approximate surface area is 192 Å². The number of hydrogen-bond acceptors (Lipinski definition) is 5. The van der Waals surface area contributed by atoms with Crippen LogP contribution < -0.4 is 20.2 Å². The molecule has 2 aromatic carbocycles. The zero-order chi connectivity index (χ0) is 22.7. The van der Waals surface area contributed by atoms with E-state index in [0.29, 0.717) is 11.5 Å². The minimum absolute atomic E-state index is 0.0251. The molecule has 2 aliphatic rings. The summed E-state index contributed by atoms with van der Waals surface area (Å²) in [6.45, 7) is 5.84. The van der Waals surface area contributed by atoms with E-state index in [9.17, 15) is 4.79 Å². The Morgan fingerprint density at radius 1 is 1.22 bits per heavy atom. The van der Waals surface area contributed by atoms with Crippen LogP contribution in [0.3, 0.4) is 0 Å². The lowest BCUT2D eigenvalue weighted by Crippen LogP contribution is -2.35. The van der Waals surface area contributed by atoms with E-state index in [-0.39, 0.29) is 10.5 Å². The van der Waals surface area contributed by atoms with Gasteiger partial charge in [-0.25, -0.2) is 10.0 Å². The van der Waals surface area contributed by atoms with E-state index in [4.69, 9.17) is 9.47 Å². The predicted molar refractivity (Wildman–Crippen MR) is 129 cm³/mol. The average molecular weight is 454 g/mol. The number of amides is 1. The molecule has 7 nitrogen and oxygen atoms in total. The van der Waals surface area contributed by atoms with Gasteiger partial charge in [0.05, 0.1) is 43.8 Å². The molecule has 2 aliphatic heterocycles. The van der Waals surface area contributed by atoms with Gasteiger partial charge >= 0.3 is 0 Å². The number of ether oxygens (including phenoxy) is 2. The monoisotopic (exact) mass is 453 g/mol. The number of carbonyl (C=O) groups excluding carboxylic acids is 1. The van der Waals surface area contributed by atoms with Crippen molar-refractivity contribution in [3.05, 3.63) is 53.1 Å². The molecule has 0 fully saturated rings. The number of hydrazone groups is 1. The second-order valence-corrected chi connectivity index (χ2v) is 9.02. The molecular weight excluding hydrogens is 424 g/mol. The van der Waals surface area contributed by atoms with Gasteiger partial charge in [0.2, 0.25) is 0 Å². The molecular formula is C24H29N4O3S+. The minimum Gasteiger partial charge on any atom is -0.493 e. The highest BCUT2D eigenvalue weighted by Gasteiger charge is 2.27. The summed E-state index contributed by atoms with van der Waals surface area (Å²) in [5, 5.41) is 7.80. The summed E-state index contributed by atoms with van der Waals surface area (Å²) in [5.41, 5.74) is 8.07. The number of aryl methyl sites for hydroxylation is 1. The van der Waals surface area contributed by atoms with Crippen molar-refractivity contribution in [1.29, 1.82) is 0 Å². The fourth-order valence-electron chi connectivity index (χ4n) is 4.23. The second kappa shape index (κ2) is 9.65. The number of fused-ring (bicyclic) bond motifs is 1. The molecule has 2 heterocycles. The van der Waals surface area contributed by atoms with Crippen molar-refractivity contribution in [3.63, 3.8) is 0 Å². The zero-order valence-electron chi connectivity index (χ0n) is 18.9. The molecule has 1 atom stereocenters. The van der Waals surface area contributed by atoms with Gasteiger partial charge in [0.1, 0.15) is 5.69 Å².